The first-order valence-corrected chi connectivity index (χ1v) is 9.74. The van der Waals surface area contributed by atoms with E-state index in [9.17, 15) is 4.79 Å². The lowest BCUT2D eigenvalue weighted by atomic mass is 9.98. The average Bonchev–Trinajstić information content (AvgIpc) is 3.16. The third kappa shape index (κ3) is 5.09. The number of aromatic nitrogens is 2. The highest BCUT2D eigenvalue weighted by Crippen LogP contribution is 2.26. The van der Waals surface area contributed by atoms with Gasteiger partial charge in [0.1, 0.15) is 0 Å². The normalized spacial score (nSPS) is 17.8. The first kappa shape index (κ1) is 18.0. The maximum absolute atomic E-state index is 11.1. The van der Waals surface area contributed by atoms with Gasteiger partial charge >= 0.3 is 0 Å². The monoisotopic (exact) mass is 358 g/mol. The number of pyridine rings is 1. The number of likely N-dealkylation sites (tertiary alicyclic amines) is 1. The van der Waals surface area contributed by atoms with E-state index in [1.54, 1.807) is 11.3 Å². The summed E-state index contributed by atoms with van der Waals surface area (Å²) in [6.07, 6.45) is 5.24. The molecule has 1 N–H and O–H groups in total. The van der Waals surface area contributed by atoms with E-state index in [0.29, 0.717) is 11.0 Å². The van der Waals surface area contributed by atoms with Crippen molar-refractivity contribution in [1.29, 1.82) is 0 Å². The number of hydrogen-bond acceptors (Lipinski definition) is 5. The third-order valence-electron chi connectivity index (χ3n) is 4.54. The van der Waals surface area contributed by atoms with Crippen LogP contribution in [0.25, 0.3) is 0 Å². The molecule has 1 aliphatic heterocycles. The molecule has 134 valence electrons. The standard InChI is InChI=1S/C19H26N4OS/c1-4-17-9-16(7-13(2)21-17)8-15-5-6-23(11-15)12-18-10-20-19(25-18)22-14(3)24/h7,9-10,15H,4-6,8,11-12H2,1-3H3,(H,20,22,24). The van der Waals surface area contributed by atoms with E-state index >= 15 is 0 Å². The minimum Gasteiger partial charge on any atom is -0.302 e. The Balaban J connectivity index is 1.54. The van der Waals surface area contributed by atoms with Gasteiger partial charge in [-0.15, -0.1) is 11.3 Å². The summed E-state index contributed by atoms with van der Waals surface area (Å²) < 4.78 is 0. The molecule has 0 aromatic carbocycles. The first-order chi connectivity index (χ1) is 12.0. The molecule has 1 atom stereocenters. The number of amides is 1. The zero-order chi connectivity index (χ0) is 17.8. The Bertz CT molecular complexity index is 743. The number of carbonyl (C=O) groups excluding carboxylic acids is 1. The van der Waals surface area contributed by atoms with Gasteiger partial charge in [-0.3, -0.25) is 14.7 Å². The Hall–Kier alpha value is -1.79. The number of aryl methyl sites for hydroxylation is 2. The van der Waals surface area contributed by atoms with Crippen LogP contribution < -0.4 is 5.32 Å². The third-order valence-corrected chi connectivity index (χ3v) is 5.44. The molecule has 3 rings (SSSR count). The van der Waals surface area contributed by atoms with Gasteiger partial charge in [0.15, 0.2) is 5.13 Å². The highest BCUT2D eigenvalue weighted by molar-refractivity contribution is 7.15. The Morgan fingerprint density at radius 3 is 3.04 bits per heavy atom. The van der Waals surface area contributed by atoms with Crippen LogP contribution in [0, 0.1) is 12.8 Å². The summed E-state index contributed by atoms with van der Waals surface area (Å²) in [5.41, 5.74) is 3.74. The van der Waals surface area contributed by atoms with E-state index in [1.165, 1.54) is 29.5 Å². The maximum Gasteiger partial charge on any atom is 0.223 e. The lowest BCUT2D eigenvalue weighted by Crippen LogP contribution is -2.20. The van der Waals surface area contributed by atoms with Crippen LogP contribution in [0.15, 0.2) is 18.3 Å². The predicted octanol–water partition coefficient (Wildman–Crippen LogP) is 3.43. The molecular weight excluding hydrogens is 332 g/mol. The lowest BCUT2D eigenvalue weighted by molar-refractivity contribution is -0.114. The molecule has 0 spiro atoms. The SMILES string of the molecule is CCc1cc(CC2CCN(Cc3cnc(NC(C)=O)s3)C2)cc(C)n1. The summed E-state index contributed by atoms with van der Waals surface area (Å²) in [4.78, 5) is 23.6. The van der Waals surface area contributed by atoms with Crippen LogP contribution >= 0.6 is 11.3 Å². The van der Waals surface area contributed by atoms with Gasteiger partial charge in [-0.25, -0.2) is 4.98 Å². The van der Waals surface area contributed by atoms with Crippen LogP contribution in [0.4, 0.5) is 5.13 Å². The largest absolute Gasteiger partial charge is 0.302 e. The van der Waals surface area contributed by atoms with Gasteiger partial charge in [0.25, 0.3) is 0 Å². The van der Waals surface area contributed by atoms with Crippen molar-refractivity contribution in [3.8, 4) is 0 Å². The van der Waals surface area contributed by atoms with Crippen LogP contribution in [0.1, 0.15) is 42.1 Å². The first-order valence-electron chi connectivity index (χ1n) is 8.93. The molecule has 2 aromatic rings. The fourth-order valence-corrected chi connectivity index (χ4v) is 4.38. The predicted molar refractivity (Wildman–Crippen MR) is 102 cm³/mol. The van der Waals surface area contributed by atoms with E-state index in [0.717, 1.165) is 38.2 Å². The summed E-state index contributed by atoms with van der Waals surface area (Å²) in [6.45, 7) is 8.92. The van der Waals surface area contributed by atoms with Crippen LogP contribution in [0.3, 0.4) is 0 Å². The van der Waals surface area contributed by atoms with Gasteiger partial charge < -0.3 is 5.32 Å². The Labute approximate surface area is 153 Å². The summed E-state index contributed by atoms with van der Waals surface area (Å²) in [5.74, 6) is 0.635. The minimum atomic E-state index is -0.0683. The molecule has 3 heterocycles. The molecule has 0 saturated carbocycles. The van der Waals surface area contributed by atoms with Crippen LogP contribution in [0.5, 0.6) is 0 Å². The van der Waals surface area contributed by atoms with Gasteiger partial charge in [-0.2, -0.15) is 0 Å². The van der Waals surface area contributed by atoms with Gasteiger partial charge in [-0.05, 0) is 56.3 Å². The molecular formula is C19H26N4OS. The van der Waals surface area contributed by atoms with E-state index in [2.05, 4.69) is 46.2 Å². The maximum atomic E-state index is 11.1. The molecule has 1 fully saturated rings. The van der Waals surface area contributed by atoms with Crippen molar-refractivity contribution in [3.05, 3.63) is 40.2 Å². The number of carbonyl (C=O) groups is 1. The fourth-order valence-electron chi connectivity index (χ4n) is 3.48. The lowest BCUT2D eigenvalue weighted by Gasteiger charge is -2.15. The summed E-state index contributed by atoms with van der Waals surface area (Å²) in [6, 6.07) is 4.49. The van der Waals surface area contributed by atoms with Gasteiger partial charge in [0.05, 0.1) is 0 Å². The van der Waals surface area contributed by atoms with Crippen LogP contribution in [0.2, 0.25) is 0 Å². The summed E-state index contributed by atoms with van der Waals surface area (Å²) >= 11 is 1.57. The van der Waals surface area contributed by atoms with E-state index in [4.69, 9.17) is 0 Å². The van der Waals surface area contributed by atoms with Crippen molar-refractivity contribution in [2.45, 2.75) is 46.6 Å². The Morgan fingerprint density at radius 2 is 2.28 bits per heavy atom. The van der Waals surface area contributed by atoms with Gasteiger partial charge in [0, 0.05) is 42.5 Å². The second-order valence-corrected chi connectivity index (χ2v) is 7.98. The number of hydrogen-bond donors (Lipinski definition) is 1. The minimum absolute atomic E-state index is 0.0683. The van der Waals surface area contributed by atoms with E-state index in [-0.39, 0.29) is 5.91 Å². The van der Waals surface area contributed by atoms with Gasteiger partial charge in [-0.1, -0.05) is 6.92 Å². The highest BCUT2D eigenvalue weighted by atomic mass is 32.1. The van der Waals surface area contributed by atoms with E-state index < -0.39 is 0 Å². The molecule has 1 amide bonds. The average molecular weight is 359 g/mol. The van der Waals surface area contributed by atoms with Crippen molar-refractivity contribution in [2.24, 2.45) is 5.92 Å². The second-order valence-electron chi connectivity index (χ2n) is 6.87. The molecule has 6 heteroatoms. The topological polar surface area (TPSA) is 58.1 Å². The van der Waals surface area contributed by atoms with Crippen LogP contribution in [-0.4, -0.2) is 33.9 Å². The molecule has 2 aromatic heterocycles. The molecule has 1 saturated heterocycles. The molecule has 0 aliphatic carbocycles. The number of nitrogens with zero attached hydrogens (tertiary/aromatic N) is 3. The molecule has 25 heavy (non-hydrogen) atoms. The van der Waals surface area contributed by atoms with Crippen molar-refractivity contribution in [2.75, 3.05) is 18.4 Å². The van der Waals surface area contributed by atoms with Crippen molar-refractivity contribution in [1.82, 2.24) is 14.9 Å². The van der Waals surface area contributed by atoms with Crippen molar-refractivity contribution < 1.29 is 4.79 Å². The molecule has 5 nitrogen and oxygen atoms in total. The molecule has 1 aliphatic rings. The van der Waals surface area contributed by atoms with Gasteiger partial charge in [0.2, 0.25) is 5.91 Å². The smallest absolute Gasteiger partial charge is 0.223 e. The molecule has 0 radical (unpaired) electrons. The zero-order valence-electron chi connectivity index (χ0n) is 15.2. The van der Waals surface area contributed by atoms with Crippen LogP contribution in [-0.2, 0) is 24.2 Å². The highest BCUT2D eigenvalue weighted by Gasteiger charge is 2.23. The quantitative estimate of drug-likeness (QED) is 0.859. The summed E-state index contributed by atoms with van der Waals surface area (Å²) in [7, 11) is 0. The number of anilines is 1. The van der Waals surface area contributed by atoms with E-state index in [1.807, 2.05) is 6.20 Å². The number of nitrogens with one attached hydrogen (secondary N) is 1. The Kier molecular flexibility index (Phi) is 5.81. The Morgan fingerprint density at radius 1 is 1.44 bits per heavy atom. The molecule has 0 bridgehead atoms. The fraction of sp³-hybridized carbons (Fsp3) is 0.526. The summed E-state index contributed by atoms with van der Waals surface area (Å²) in [5, 5.41) is 3.44. The molecule has 1 unspecified atom stereocenters. The number of rotatable bonds is 6. The second kappa shape index (κ2) is 8.06. The zero-order valence-corrected chi connectivity index (χ0v) is 16.0. The van der Waals surface area contributed by atoms with Crippen molar-refractivity contribution in [3.63, 3.8) is 0 Å². The van der Waals surface area contributed by atoms with Crippen molar-refractivity contribution >= 4 is 22.4 Å². The number of thiazole rings is 1.